The smallest absolute Gasteiger partial charge is 0.165 e. The number of aromatic nitrogens is 1. The van der Waals surface area contributed by atoms with Gasteiger partial charge in [-0.2, -0.15) is 0 Å². The molecule has 2 aliphatic rings. The van der Waals surface area contributed by atoms with E-state index in [1.807, 2.05) is 24.4 Å². The molecule has 160 valence electrons. The van der Waals surface area contributed by atoms with Crippen molar-refractivity contribution in [3.05, 3.63) is 54.0 Å². The number of aromatic hydroxyl groups is 1. The van der Waals surface area contributed by atoms with Crippen LogP contribution in [-0.2, 0) is 10.2 Å². The molecule has 2 aromatic carbocycles. The number of nitrogens with one attached hydrogen (secondary N) is 1. The van der Waals surface area contributed by atoms with Gasteiger partial charge in [-0.15, -0.1) is 0 Å². The number of phenols is 1. The average Bonchev–Trinajstić information content (AvgIpc) is 3.58. The lowest BCUT2D eigenvalue weighted by molar-refractivity contribution is -0.109. The summed E-state index contributed by atoms with van der Waals surface area (Å²) in [4.78, 5) is 16.6. The molecule has 0 saturated heterocycles. The van der Waals surface area contributed by atoms with E-state index in [1.165, 1.54) is 12.1 Å². The molecule has 5 nitrogen and oxygen atoms in total. The first kappa shape index (κ1) is 19.9. The van der Waals surface area contributed by atoms with Gasteiger partial charge in [-0.3, -0.25) is 4.98 Å². The van der Waals surface area contributed by atoms with Crippen LogP contribution in [0.15, 0.2) is 42.6 Å². The number of hydrogen-bond donors (Lipinski definition) is 3. The molecular formula is C25H26FN3O2. The van der Waals surface area contributed by atoms with Gasteiger partial charge in [0.25, 0.3) is 0 Å². The number of halogens is 1. The Kier molecular flexibility index (Phi) is 4.89. The number of carbonyl (C=O) groups excluding carboxylic acids is 1. The van der Waals surface area contributed by atoms with E-state index < -0.39 is 11.2 Å². The van der Waals surface area contributed by atoms with Crippen molar-refractivity contribution in [1.82, 2.24) is 4.98 Å². The molecule has 5 rings (SSSR count). The minimum absolute atomic E-state index is 0.257. The SMILES string of the molecule is N[C@H]1CC[C@H](Nc2c(C3(C=O)CC3)cnc3ccc(-c4ccc(O)c(F)c4)cc23)CC1. The molecule has 2 fully saturated rings. The third-order valence-electron chi connectivity index (χ3n) is 6.82. The van der Waals surface area contributed by atoms with Crippen LogP contribution in [0.2, 0.25) is 0 Å². The van der Waals surface area contributed by atoms with Gasteiger partial charge >= 0.3 is 0 Å². The van der Waals surface area contributed by atoms with Crippen molar-refractivity contribution in [3.63, 3.8) is 0 Å². The van der Waals surface area contributed by atoms with Gasteiger partial charge in [0.05, 0.1) is 10.9 Å². The number of hydrogen-bond acceptors (Lipinski definition) is 5. The molecule has 4 N–H and O–H groups in total. The van der Waals surface area contributed by atoms with Gasteiger partial charge in [0.15, 0.2) is 11.6 Å². The third kappa shape index (κ3) is 3.65. The van der Waals surface area contributed by atoms with E-state index in [1.54, 1.807) is 6.07 Å². The van der Waals surface area contributed by atoms with E-state index in [9.17, 15) is 14.3 Å². The monoisotopic (exact) mass is 419 g/mol. The molecule has 2 saturated carbocycles. The van der Waals surface area contributed by atoms with E-state index in [0.717, 1.165) is 72.5 Å². The first-order chi connectivity index (χ1) is 15.0. The van der Waals surface area contributed by atoms with Crippen molar-refractivity contribution in [1.29, 1.82) is 0 Å². The summed E-state index contributed by atoms with van der Waals surface area (Å²) in [5.41, 5.74) is 9.85. The highest BCUT2D eigenvalue weighted by atomic mass is 19.1. The van der Waals surface area contributed by atoms with Gasteiger partial charge in [0.1, 0.15) is 6.29 Å². The lowest BCUT2D eigenvalue weighted by Gasteiger charge is -2.29. The first-order valence-electron chi connectivity index (χ1n) is 10.9. The lowest BCUT2D eigenvalue weighted by Crippen LogP contribution is -2.33. The third-order valence-corrected chi connectivity index (χ3v) is 6.82. The number of fused-ring (bicyclic) bond motifs is 1. The number of nitrogens with two attached hydrogens (primary N) is 1. The van der Waals surface area contributed by atoms with Crippen LogP contribution in [0.3, 0.4) is 0 Å². The van der Waals surface area contributed by atoms with Gasteiger partial charge < -0.3 is 21.0 Å². The molecular weight excluding hydrogens is 393 g/mol. The zero-order valence-electron chi connectivity index (χ0n) is 17.3. The number of anilines is 1. The highest BCUT2D eigenvalue weighted by Crippen LogP contribution is 2.50. The van der Waals surface area contributed by atoms with E-state index in [0.29, 0.717) is 11.6 Å². The van der Waals surface area contributed by atoms with Crippen molar-refractivity contribution in [2.24, 2.45) is 5.73 Å². The van der Waals surface area contributed by atoms with E-state index in [4.69, 9.17) is 5.73 Å². The van der Waals surface area contributed by atoms with Crippen LogP contribution in [0.25, 0.3) is 22.0 Å². The second kappa shape index (κ2) is 7.61. The van der Waals surface area contributed by atoms with E-state index >= 15 is 0 Å². The first-order valence-corrected chi connectivity index (χ1v) is 10.9. The van der Waals surface area contributed by atoms with Crippen LogP contribution >= 0.6 is 0 Å². The van der Waals surface area contributed by atoms with Crippen molar-refractivity contribution in [3.8, 4) is 16.9 Å². The molecule has 0 aliphatic heterocycles. The Hall–Kier alpha value is -2.99. The van der Waals surface area contributed by atoms with Crippen molar-refractivity contribution in [2.45, 2.75) is 56.0 Å². The second-order valence-corrected chi connectivity index (χ2v) is 8.98. The normalized spacial score (nSPS) is 22.3. The highest BCUT2D eigenvalue weighted by Gasteiger charge is 2.46. The Morgan fingerprint density at radius 2 is 1.81 bits per heavy atom. The zero-order chi connectivity index (χ0) is 21.6. The Morgan fingerprint density at radius 1 is 1.10 bits per heavy atom. The Balaban J connectivity index is 1.63. The minimum Gasteiger partial charge on any atom is -0.505 e. The van der Waals surface area contributed by atoms with E-state index in [2.05, 4.69) is 10.3 Å². The van der Waals surface area contributed by atoms with Gasteiger partial charge in [-0.1, -0.05) is 12.1 Å². The number of aldehydes is 1. The van der Waals surface area contributed by atoms with E-state index in [-0.39, 0.29) is 11.8 Å². The topological polar surface area (TPSA) is 88.2 Å². The van der Waals surface area contributed by atoms with Crippen LogP contribution in [-0.4, -0.2) is 28.5 Å². The molecule has 0 atom stereocenters. The zero-order valence-corrected chi connectivity index (χ0v) is 17.3. The summed E-state index contributed by atoms with van der Waals surface area (Å²) in [6.07, 6.45) is 8.48. The number of rotatable bonds is 5. The summed E-state index contributed by atoms with van der Waals surface area (Å²) >= 11 is 0. The molecule has 1 heterocycles. The summed E-state index contributed by atoms with van der Waals surface area (Å²) < 4.78 is 13.9. The van der Waals surface area contributed by atoms with Crippen molar-refractivity contribution >= 4 is 22.9 Å². The number of pyridine rings is 1. The Morgan fingerprint density at radius 3 is 2.48 bits per heavy atom. The molecule has 0 bridgehead atoms. The standard InChI is InChI=1S/C25H26FN3O2/c26-21-12-16(2-8-23(21)31)15-1-7-22-19(11-15)24(29-18-5-3-17(27)4-6-18)20(13-28-22)25(14-30)9-10-25/h1-2,7-8,11-14,17-18,31H,3-6,9-10,27H2,(H,28,29)/t17-,18-. The van der Waals surface area contributed by atoms with Crippen LogP contribution in [0.5, 0.6) is 5.75 Å². The number of carbonyl (C=O) groups is 1. The maximum Gasteiger partial charge on any atom is 0.165 e. The molecule has 0 radical (unpaired) electrons. The Labute approximate surface area is 180 Å². The van der Waals surface area contributed by atoms with Gasteiger partial charge in [-0.25, -0.2) is 4.39 Å². The molecule has 3 aromatic rings. The molecule has 0 amide bonds. The predicted octanol–water partition coefficient (Wildman–Crippen LogP) is 4.66. The fraction of sp³-hybridized carbons (Fsp3) is 0.360. The summed E-state index contributed by atoms with van der Waals surface area (Å²) in [5, 5.41) is 14.2. The quantitative estimate of drug-likeness (QED) is 0.524. The van der Waals surface area contributed by atoms with Crippen LogP contribution in [0, 0.1) is 5.82 Å². The number of nitrogens with zero attached hydrogens (tertiary/aromatic N) is 1. The maximum atomic E-state index is 13.9. The molecule has 0 unspecified atom stereocenters. The molecule has 2 aliphatic carbocycles. The lowest BCUT2D eigenvalue weighted by atomic mass is 9.89. The van der Waals surface area contributed by atoms with Crippen LogP contribution in [0.1, 0.15) is 44.1 Å². The number of benzene rings is 2. The summed E-state index contributed by atoms with van der Waals surface area (Å²) in [6, 6.07) is 10.7. The molecule has 0 spiro atoms. The number of phenolic OH excluding ortho intramolecular Hbond substituents is 1. The van der Waals surface area contributed by atoms with Crippen LogP contribution in [0.4, 0.5) is 10.1 Å². The molecule has 1 aromatic heterocycles. The largest absolute Gasteiger partial charge is 0.505 e. The predicted molar refractivity (Wildman–Crippen MR) is 120 cm³/mol. The fourth-order valence-corrected chi connectivity index (χ4v) is 4.64. The summed E-state index contributed by atoms with van der Waals surface area (Å²) in [6.45, 7) is 0. The maximum absolute atomic E-state index is 13.9. The van der Waals surface area contributed by atoms with Crippen molar-refractivity contribution < 1.29 is 14.3 Å². The summed E-state index contributed by atoms with van der Waals surface area (Å²) in [7, 11) is 0. The van der Waals surface area contributed by atoms with Gasteiger partial charge in [-0.05, 0) is 73.9 Å². The molecule has 6 heteroatoms. The molecule has 31 heavy (non-hydrogen) atoms. The van der Waals surface area contributed by atoms with Gasteiger partial charge in [0, 0.05) is 34.9 Å². The second-order valence-electron chi connectivity index (χ2n) is 8.98. The fourth-order valence-electron chi connectivity index (χ4n) is 4.64. The average molecular weight is 420 g/mol. The Bertz CT molecular complexity index is 1150. The minimum atomic E-state index is -0.653. The van der Waals surface area contributed by atoms with Gasteiger partial charge in [0.2, 0.25) is 0 Å². The highest BCUT2D eigenvalue weighted by molar-refractivity contribution is 5.98. The summed E-state index contributed by atoms with van der Waals surface area (Å²) in [5.74, 6) is -1.02. The van der Waals surface area contributed by atoms with Crippen molar-refractivity contribution in [2.75, 3.05) is 5.32 Å². The van der Waals surface area contributed by atoms with Crippen LogP contribution < -0.4 is 11.1 Å².